The van der Waals surface area contributed by atoms with Crippen LogP contribution in [0.5, 0.6) is 0 Å². The first kappa shape index (κ1) is 9.62. The van der Waals surface area contributed by atoms with Crippen LogP contribution >= 0.6 is 0 Å². The second kappa shape index (κ2) is 4.44. The average molecular weight is 145 g/mol. The highest BCUT2D eigenvalue weighted by atomic mass is 16.6. The molecule has 0 saturated heterocycles. The number of allylic oxidation sites excluding steroid dienone is 1. The van der Waals surface area contributed by atoms with Gasteiger partial charge in [-0.1, -0.05) is 11.6 Å². The van der Waals surface area contributed by atoms with Crippen molar-refractivity contribution in [2.75, 3.05) is 7.11 Å². The summed E-state index contributed by atoms with van der Waals surface area (Å²) < 4.78 is 4.62. The summed E-state index contributed by atoms with van der Waals surface area (Å²) >= 11 is 0. The van der Waals surface area contributed by atoms with Gasteiger partial charge >= 0.3 is 0 Å². The van der Waals surface area contributed by atoms with E-state index in [1.54, 1.807) is 0 Å². The van der Waals surface area contributed by atoms with Gasteiger partial charge < -0.3 is 15.6 Å². The van der Waals surface area contributed by atoms with E-state index >= 15 is 0 Å². The lowest BCUT2D eigenvalue weighted by Gasteiger charge is -2.17. The molecular weight excluding hydrogens is 130 g/mol. The van der Waals surface area contributed by atoms with Gasteiger partial charge in [-0.05, 0) is 13.8 Å². The number of methoxy groups -OCH3 is 1. The summed E-state index contributed by atoms with van der Waals surface area (Å²) in [6, 6.07) is -0.407. The van der Waals surface area contributed by atoms with E-state index in [0.717, 1.165) is 5.57 Å². The van der Waals surface area contributed by atoms with Crippen LogP contribution in [0.15, 0.2) is 11.6 Å². The maximum Gasteiger partial charge on any atom is 0.173 e. The van der Waals surface area contributed by atoms with Crippen LogP contribution in [0.3, 0.4) is 0 Å². The van der Waals surface area contributed by atoms with Gasteiger partial charge in [0.1, 0.15) is 0 Å². The molecule has 0 aliphatic carbocycles. The predicted octanol–water partition coefficient (Wildman–Crippen LogP) is 0.245. The molecule has 3 nitrogen and oxygen atoms in total. The maximum atomic E-state index is 9.04. The van der Waals surface area contributed by atoms with Crippen molar-refractivity contribution in [3.63, 3.8) is 0 Å². The molecule has 3 heteroatoms. The van der Waals surface area contributed by atoms with E-state index in [1.165, 1.54) is 7.11 Å². The number of nitrogens with two attached hydrogens (primary N) is 1. The summed E-state index contributed by atoms with van der Waals surface area (Å²) in [4.78, 5) is 0. The van der Waals surface area contributed by atoms with E-state index in [4.69, 9.17) is 10.8 Å². The van der Waals surface area contributed by atoms with Crippen molar-refractivity contribution in [1.29, 1.82) is 0 Å². The quantitative estimate of drug-likeness (QED) is 0.442. The highest BCUT2D eigenvalue weighted by Gasteiger charge is 2.13. The molecule has 0 fully saturated rings. The first-order valence-electron chi connectivity index (χ1n) is 3.22. The normalized spacial score (nSPS) is 18.7. The molecule has 3 N–H and O–H groups in total. The molecule has 1 unspecified atom stereocenters. The Kier molecular flexibility index (Phi) is 4.27. The number of ether oxygens (including phenoxy) is 1. The molecule has 10 heavy (non-hydrogen) atoms. The summed E-state index contributed by atoms with van der Waals surface area (Å²) in [5, 5.41) is 9.04. The fraction of sp³-hybridized carbons (Fsp3) is 0.714. The maximum absolute atomic E-state index is 9.04. The van der Waals surface area contributed by atoms with Crippen LogP contribution in [0.25, 0.3) is 0 Å². The average Bonchev–Trinajstić information content (AvgIpc) is 2.00. The lowest BCUT2D eigenvalue weighted by Crippen LogP contribution is -2.36. The Morgan fingerprint density at radius 1 is 1.70 bits per heavy atom. The van der Waals surface area contributed by atoms with Gasteiger partial charge in [0.05, 0.1) is 6.04 Å². The largest absolute Gasteiger partial charge is 0.366 e. The molecule has 60 valence electrons. The molecular formula is C7H15NO2. The monoisotopic (exact) mass is 145 g/mol. The minimum atomic E-state index is -0.892. The van der Waals surface area contributed by atoms with Crippen LogP contribution in [0.4, 0.5) is 0 Å². The summed E-state index contributed by atoms with van der Waals surface area (Å²) in [6.45, 7) is 3.73. The molecule has 0 saturated carbocycles. The van der Waals surface area contributed by atoms with Gasteiger partial charge in [-0.2, -0.15) is 0 Å². The van der Waals surface area contributed by atoms with E-state index in [2.05, 4.69) is 4.74 Å². The Morgan fingerprint density at radius 2 is 2.20 bits per heavy atom. The summed E-state index contributed by atoms with van der Waals surface area (Å²) in [7, 11) is 1.42. The Labute approximate surface area is 61.5 Å². The third-order valence-electron chi connectivity index (χ3n) is 1.53. The van der Waals surface area contributed by atoms with Gasteiger partial charge in [0.2, 0.25) is 0 Å². The molecule has 2 atom stereocenters. The molecule has 0 aromatic heterocycles. The lowest BCUT2D eigenvalue weighted by molar-refractivity contribution is -0.0822. The Balaban J connectivity index is 3.94. The molecule has 0 spiro atoms. The Hall–Kier alpha value is -0.380. The van der Waals surface area contributed by atoms with E-state index < -0.39 is 12.3 Å². The van der Waals surface area contributed by atoms with Crippen LogP contribution in [0, 0.1) is 0 Å². The molecule has 0 aromatic carbocycles. The third kappa shape index (κ3) is 2.47. The zero-order valence-corrected chi connectivity index (χ0v) is 6.66. The molecule has 0 aromatic rings. The second-order valence-electron chi connectivity index (χ2n) is 2.18. The van der Waals surface area contributed by atoms with Crippen molar-refractivity contribution in [3.8, 4) is 0 Å². The van der Waals surface area contributed by atoms with E-state index in [9.17, 15) is 0 Å². The molecule has 0 heterocycles. The van der Waals surface area contributed by atoms with Crippen LogP contribution < -0.4 is 5.73 Å². The fourth-order valence-corrected chi connectivity index (χ4v) is 0.564. The molecule has 0 aliphatic rings. The highest BCUT2D eigenvalue weighted by Crippen LogP contribution is 2.02. The van der Waals surface area contributed by atoms with Crippen LogP contribution in [-0.4, -0.2) is 24.5 Å². The number of aliphatic hydroxyl groups is 1. The second-order valence-corrected chi connectivity index (χ2v) is 2.18. The standard InChI is InChI=1S/C7H15NO2/c1-4-5(2)6(8)7(9)10-3/h4,6-7,9H,8H2,1-3H3/b5-4-/t6-,7?/m0/s1. The summed E-state index contributed by atoms with van der Waals surface area (Å²) in [5.41, 5.74) is 6.46. The minimum Gasteiger partial charge on any atom is -0.366 e. The first-order valence-corrected chi connectivity index (χ1v) is 3.22. The Morgan fingerprint density at radius 3 is 2.50 bits per heavy atom. The van der Waals surface area contributed by atoms with E-state index in [1.807, 2.05) is 19.9 Å². The molecule has 0 amide bonds. The SMILES string of the molecule is C/C=C(/C)[C@H](N)C(O)OC. The van der Waals surface area contributed by atoms with E-state index in [0.29, 0.717) is 0 Å². The Bertz CT molecular complexity index is 123. The van der Waals surface area contributed by atoms with Gasteiger partial charge in [0.25, 0.3) is 0 Å². The third-order valence-corrected chi connectivity index (χ3v) is 1.53. The first-order chi connectivity index (χ1) is 4.63. The number of hydrogen-bond acceptors (Lipinski definition) is 3. The van der Waals surface area contributed by atoms with E-state index in [-0.39, 0.29) is 0 Å². The van der Waals surface area contributed by atoms with Crippen molar-refractivity contribution < 1.29 is 9.84 Å². The zero-order valence-electron chi connectivity index (χ0n) is 6.66. The van der Waals surface area contributed by atoms with Gasteiger partial charge in [-0.3, -0.25) is 0 Å². The topological polar surface area (TPSA) is 55.5 Å². The van der Waals surface area contributed by atoms with Gasteiger partial charge in [0, 0.05) is 7.11 Å². The van der Waals surface area contributed by atoms with Crippen molar-refractivity contribution in [3.05, 3.63) is 11.6 Å². The minimum absolute atomic E-state index is 0.407. The predicted molar refractivity (Wildman–Crippen MR) is 40.4 cm³/mol. The lowest BCUT2D eigenvalue weighted by atomic mass is 10.1. The number of rotatable bonds is 3. The van der Waals surface area contributed by atoms with Crippen LogP contribution in [0.1, 0.15) is 13.8 Å². The fourth-order valence-electron chi connectivity index (χ4n) is 0.564. The highest BCUT2D eigenvalue weighted by molar-refractivity contribution is 5.06. The molecule has 0 bridgehead atoms. The van der Waals surface area contributed by atoms with Crippen molar-refractivity contribution in [1.82, 2.24) is 0 Å². The smallest absolute Gasteiger partial charge is 0.173 e. The summed E-state index contributed by atoms with van der Waals surface area (Å²) in [6.07, 6.45) is 0.962. The van der Waals surface area contributed by atoms with Gasteiger partial charge in [0.15, 0.2) is 6.29 Å². The van der Waals surface area contributed by atoms with Crippen LogP contribution in [-0.2, 0) is 4.74 Å². The number of aliphatic hydroxyl groups excluding tert-OH is 1. The van der Waals surface area contributed by atoms with Gasteiger partial charge in [-0.15, -0.1) is 0 Å². The van der Waals surface area contributed by atoms with Crippen molar-refractivity contribution in [2.45, 2.75) is 26.2 Å². The van der Waals surface area contributed by atoms with Crippen LogP contribution in [0.2, 0.25) is 0 Å². The van der Waals surface area contributed by atoms with Crippen molar-refractivity contribution >= 4 is 0 Å². The van der Waals surface area contributed by atoms with Gasteiger partial charge in [-0.25, -0.2) is 0 Å². The summed E-state index contributed by atoms with van der Waals surface area (Å²) in [5.74, 6) is 0. The molecule has 0 rings (SSSR count). The molecule has 0 radical (unpaired) electrons. The molecule has 0 aliphatic heterocycles. The zero-order chi connectivity index (χ0) is 8.15. The van der Waals surface area contributed by atoms with Crippen molar-refractivity contribution in [2.24, 2.45) is 5.73 Å². The number of hydrogen-bond donors (Lipinski definition) is 2.